The molecule has 1 aromatic carbocycles. The van der Waals surface area contributed by atoms with Crippen molar-refractivity contribution < 1.29 is 23.5 Å². The minimum Gasteiger partial charge on any atom is -0.453 e. The summed E-state index contributed by atoms with van der Waals surface area (Å²) < 4.78 is 18.5. The lowest BCUT2D eigenvalue weighted by molar-refractivity contribution is -0.153. The Morgan fingerprint density at radius 2 is 1.92 bits per heavy atom. The maximum atomic E-state index is 13.5. The molecule has 0 aliphatic heterocycles. The summed E-state index contributed by atoms with van der Waals surface area (Å²) in [5, 5.41) is 5.19. The van der Waals surface area contributed by atoms with Gasteiger partial charge in [0, 0.05) is 25.6 Å². The maximum Gasteiger partial charge on any atom is 0.306 e. The van der Waals surface area contributed by atoms with Crippen LogP contribution in [0.15, 0.2) is 18.2 Å². The molecule has 0 aromatic heterocycles. The summed E-state index contributed by atoms with van der Waals surface area (Å²) in [7, 11) is 0. The van der Waals surface area contributed by atoms with Crippen LogP contribution in [0.1, 0.15) is 45.1 Å². The molecule has 2 amide bonds. The molecule has 0 aliphatic rings. The zero-order valence-electron chi connectivity index (χ0n) is 14.9. The molecule has 1 rings (SSSR count). The average Bonchev–Trinajstić information content (AvgIpc) is 2.53. The summed E-state index contributed by atoms with van der Waals surface area (Å²) in [5.74, 6) is -1.46. The van der Waals surface area contributed by atoms with Gasteiger partial charge in [-0.2, -0.15) is 0 Å². The number of nitrogens with one attached hydrogen (secondary N) is 2. The summed E-state index contributed by atoms with van der Waals surface area (Å²) in [6, 6.07) is 4.36. The summed E-state index contributed by atoms with van der Waals surface area (Å²) in [6.07, 6.45) is 1.42. The van der Waals surface area contributed by atoms with Crippen LogP contribution >= 0.6 is 0 Å². The number of anilines is 1. The van der Waals surface area contributed by atoms with E-state index in [1.165, 1.54) is 19.9 Å². The lowest BCUT2D eigenvalue weighted by Gasteiger charge is -2.14. The number of carbonyl (C=O) groups is 3. The van der Waals surface area contributed by atoms with Crippen molar-refractivity contribution in [1.29, 1.82) is 0 Å². The summed E-state index contributed by atoms with van der Waals surface area (Å²) in [4.78, 5) is 34.4. The first-order valence-electron chi connectivity index (χ1n) is 8.30. The van der Waals surface area contributed by atoms with Gasteiger partial charge >= 0.3 is 5.97 Å². The number of amides is 2. The zero-order chi connectivity index (χ0) is 18.8. The quantitative estimate of drug-likeness (QED) is 0.529. The van der Waals surface area contributed by atoms with Crippen molar-refractivity contribution >= 4 is 23.5 Å². The van der Waals surface area contributed by atoms with Crippen LogP contribution in [0.4, 0.5) is 10.1 Å². The van der Waals surface area contributed by atoms with Crippen LogP contribution in [0.5, 0.6) is 0 Å². The van der Waals surface area contributed by atoms with E-state index in [9.17, 15) is 18.8 Å². The number of aryl methyl sites for hydroxylation is 1. The predicted molar refractivity (Wildman–Crippen MR) is 92.5 cm³/mol. The highest BCUT2D eigenvalue weighted by atomic mass is 19.1. The minimum atomic E-state index is -0.962. The topological polar surface area (TPSA) is 84.5 Å². The number of unbranched alkanes of at least 4 members (excludes halogenated alkanes) is 2. The van der Waals surface area contributed by atoms with Crippen molar-refractivity contribution in [3.8, 4) is 0 Å². The first-order chi connectivity index (χ1) is 11.8. The van der Waals surface area contributed by atoms with Gasteiger partial charge in [0.2, 0.25) is 5.91 Å². The fraction of sp³-hybridized carbons (Fsp3) is 0.500. The molecule has 2 N–H and O–H groups in total. The Bertz CT molecular complexity index is 619. The molecule has 1 unspecified atom stereocenters. The summed E-state index contributed by atoms with van der Waals surface area (Å²) >= 11 is 0. The fourth-order valence-electron chi connectivity index (χ4n) is 2.06. The van der Waals surface area contributed by atoms with E-state index < -0.39 is 23.8 Å². The third-order valence-corrected chi connectivity index (χ3v) is 3.55. The first-order valence-corrected chi connectivity index (χ1v) is 8.30. The second kappa shape index (κ2) is 10.4. The van der Waals surface area contributed by atoms with Crippen LogP contribution in [0.3, 0.4) is 0 Å². The predicted octanol–water partition coefficient (Wildman–Crippen LogP) is 2.70. The molecule has 0 aliphatic carbocycles. The molecular weight excluding hydrogens is 327 g/mol. The molecule has 138 valence electrons. The van der Waals surface area contributed by atoms with Gasteiger partial charge in [-0.1, -0.05) is 12.5 Å². The molecule has 0 saturated heterocycles. The molecule has 1 aromatic rings. The van der Waals surface area contributed by atoms with Crippen molar-refractivity contribution in [2.45, 2.75) is 52.6 Å². The van der Waals surface area contributed by atoms with E-state index >= 15 is 0 Å². The Morgan fingerprint density at radius 1 is 1.20 bits per heavy atom. The van der Waals surface area contributed by atoms with Gasteiger partial charge in [-0.15, -0.1) is 0 Å². The Hall–Kier alpha value is -2.44. The normalized spacial score (nSPS) is 11.5. The first kappa shape index (κ1) is 20.6. The second-order valence-electron chi connectivity index (χ2n) is 5.88. The number of carbonyl (C=O) groups excluding carboxylic acids is 3. The number of halogens is 1. The number of ether oxygens (including phenoxy) is 1. The van der Waals surface area contributed by atoms with Crippen LogP contribution in [-0.4, -0.2) is 30.4 Å². The highest BCUT2D eigenvalue weighted by Gasteiger charge is 2.18. The van der Waals surface area contributed by atoms with Gasteiger partial charge in [0.05, 0.1) is 0 Å². The Labute approximate surface area is 147 Å². The van der Waals surface area contributed by atoms with E-state index in [0.717, 1.165) is 12.8 Å². The Balaban J connectivity index is 2.28. The number of rotatable bonds is 9. The zero-order valence-corrected chi connectivity index (χ0v) is 14.9. The monoisotopic (exact) mass is 352 g/mol. The number of benzene rings is 1. The molecule has 6 nitrogen and oxygen atoms in total. The Kier molecular flexibility index (Phi) is 8.60. The molecule has 1 atom stereocenters. The highest BCUT2D eigenvalue weighted by Crippen LogP contribution is 2.14. The van der Waals surface area contributed by atoms with Crippen molar-refractivity contribution in [2.75, 3.05) is 11.9 Å². The molecular formula is C18H25FN2O4. The van der Waals surface area contributed by atoms with E-state index in [1.807, 2.05) is 0 Å². The molecule has 0 fully saturated rings. The molecule has 0 heterocycles. The van der Waals surface area contributed by atoms with Crippen LogP contribution in [-0.2, 0) is 19.1 Å². The summed E-state index contributed by atoms with van der Waals surface area (Å²) in [6.45, 7) is 5.13. The van der Waals surface area contributed by atoms with E-state index in [-0.39, 0.29) is 12.3 Å². The number of hydrogen-bond acceptors (Lipinski definition) is 4. The van der Waals surface area contributed by atoms with Crippen molar-refractivity contribution in [2.24, 2.45) is 0 Å². The SMILES string of the molecule is CC(=O)NCCCCCC(=O)OC(C)C(=O)Nc1ccc(C)c(F)c1. The lowest BCUT2D eigenvalue weighted by atomic mass is 10.2. The minimum absolute atomic E-state index is 0.0762. The van der Waals surface area contributed by atoms with Crippen LogP contribution in [0.2, 0.25) is 0 Å². The highest BCUT2D eigenvalue weighted by molar-refractivity contribution is 5.95. The van der Waals surface area contributed by atoms with Crippen LogP contribution < -0.4 is 10.6 Å². The third-order valence-electron chi connectivity index (χ3n) is 3.55. The number of esters is 1. The van der Waals surface area contributed by atoms with Gasteiger partial charge in [-0.3, -0.25) is 14.4 Å². The van der Waals surface area contributed by atoms with Gasteiger partial charge in [0.15, 0.2) is 6.10 Å². The molecule has 0 saturated carbocycles. The smallest absolute Gasteiger partial charge is 0.306 e. The number of hydrogen-bond donors (Lipinski definition) is 2. The molecule has 0 spiro atoms. The lowest BCUT2D eigenvalue weighted by Crippen LogP contribution is -2.30. The average molecular weight is 352 g/mol. The maximum absolute atomic E-state index is 13.5. The standard InChI is InChI=1S/C18H25FN2O4/c1-12-8-9-15(11-16(12)19)21-18(24)13(2)25-17(23)7-5-4-6-10-20-14(3)22/h8-9,11,13H,4-7,10H2,1-3H3,(H,20,22)(H,21,24). The molecule has 0 radical (unpaired) electrons. The van der Waals surface area contributed by atoms with Crippen LogP contribution in [0, 0.1) is 12.7 Å². The van der Waals surface area contributed by atoms with E-state index in [2.05, 4.69) is 10.6 Å². The summed E-state index contributed by atoms with van der Waals surface area (Å²) in [5.41, 5.74) is 0.796. The van der Waals surface area contributed by atoms with Gasteiger partial charge < -0.3 is 15.4 Å². The van der Waals surface area contributed by atoms with Crippen LogP contribution in [0.25, 0.3) is 0 Å². The second-order valence-corrected chi connectivity index (χ2v) is 5.88. The third kappa shape index (κ3) is 8.28. The van der Waals surface area contributed by atoms with Crippen molar-refractivity contribution in [3.63, 3.8) is 0 Å². The van der Waals surface area contributed by atoms with Gasteiger partial charge in [0.1, 0.15) is 5.82 Å². The fourth-order valence-corrected chi connectivity index (χ4v) is 2.06. The van der Waals surface area contributed by atoms with Crippen molar-refractivity contribution in [3.05, 3.63) is 29.6 Å². The molecule has 7 heteroatoms. The Morgan fingerprint density at radius 3 is 2.56 bits per heavy atom. The van der Waals surface area contributed by atoms with E-state index in [0.29, 0.717) is 24.2 Å². The van der Waals surface area contributed by atoms with Gasteiger partial charge in [-0.25, -0.2) is 4.39 Å². The van der Waals surface area contributed by atoms with E-state index in [1.54, 1.807) is 19.1 Å². The van der Waals surface area contributed by atoms with Gasteiger partial charge in [-0.05, 0) is 44.4 Å². The van der Waals surface area contributed by atoms with Crippen molar-refractivity contribution in [1.82, 2.24) is 5.32 Å². The van der Waals surface area contributed by atoms with E-state index in [4.69, 9.17) is 4.74 Å². The molecule has 0 bridgehead atoms. The van der Waals surface area contributed by atoms with Gasteiger partial charge in [0.25, 0.3) is 5.91 Å². The largest absolute Gasteiger partial charge is 0.453 e. The molecule has 25 heavy (non-hydrogen) atoms.